The maximum atomic E-state index is 8.74. The molecule has 4 nitrogen and oxygen atoms in total. The number of hydrogen-bond acceptors (Lipinski definition) is 5. The van der Waals surface area contributed by atoms with Gasteiger partial charge in [0.1, 0.15) is 0 Å². The summed E-state index contributed by atoms with van der Waals surface area (Å²) in [5, 5.41) is 17.0. The van der Waals surface area contributed by atoms with Crippen LogP contribution in [0.5, 0.6) is 0 Å². The van der Waals surface area contributed by atoms with Gasteiger partial charge in [0.15, 0.2) is 0 Å². The van der Waals surface area contributed by atoms with Gasteiger partial charge >= 0.3 is 0 Å². The molecule has 5 heteroatoms. The van der Waals surface area contributed by atoms with E-state index in [-0.39, 0.29) is 5.25 Å². The van der Waals surface area contributed by atoms with Crippen LogP contribution in [0, 0.1) is 11.3 Å². The van der Waals surface area contributed by atoms with Gasteiger partial charge in [-0.1, -0.05) is 37.3 Å². The average molecular weight is 273 g/mol. The zero-order chi connectivity index (χ0) is 13.7. The molecule has 98 valence electrons. The van der Waals surface area contributed by atoms with Gasteiger partial charge in [-0.2, -0.15) is 5.26 Å². The molecule has 2 aromatic rings. The first-order valence-corrected chi connectivity index (χ1v) is 7.00. The summed E-state index contributed by atoms with van der Waals surface area (Å²) in [6, 6.07) is 12.4. The Bertz CT molecular complexity index is 562. The number of hydrogen-bond donors (Lipinski definition) is 0. The van der Waals surface area contributed by atoms with Crippen LogP contribution in [0.3, 0.4) is 0 Å². The third-order valence-electron chi connectivity index (χ3n) is 2.76. The van der Waals surface area contributed by atoms with Gasteiger partial charge in [0, 0.05) is 6.42 Å². The van der Waals surface area contributed by atoms with E-state index >= 15 is 0 Å². The lowest BCUT2D eigenvalue weighted by atomic mass is 9.98. The highest BCUT2D eigenvalue weighted by atomic mass is 32.2. The molecular formula is C14H15N3OS. The first-order valence-electron chi connectivity index (χ1n) is 6.12. The molecule has 2 rings (SSSR count). The van der Waals surface area contributed by atoms with E-state index in [0.29, 0.717) is 23.5 Å². The SMILES string of the molecule is C[C@@H](C#N)Sc1nnc(C[C@H](C)c2ccccc2)o1. The van der Waals surface area contributed by atoms with Crippen LogP contribution in [0.4, 0.5) is 0 Å². The van der Waals surface area contributed by atoms with Gasteiger partial charge in [0.05, 0.1) is 11.3 Å². The largest absolute Gasteiger partial charge is 0.416 e. The summed E-state index contributed by atoms with van der Waals surface area (Å²) in [4.78, 5) is 0. The van der Waals surface area contributed by atoms with Crippen molar-refractivity contribution in [2.45, 2.75) is 36.7 Å². The van der Waals surface area contributed by atoms with Gasteiger partial charge in [-0.3, -0.25) is 0 Å². The summed E-state index contributed by atoms with van der Waals surface area (Å²) in [6.45, 7) is 3.94. The van der Waals surface area contributed by atoms with E-state index in [1.165, 1.54) is 17.3 Å². The highest BCUT2D eigenvalue weighted by Crippen LogP contribution is 2.24. The molecule has 0 saturated heterocycles. The molecule has 0 aliphatic heterocycles. The molecule has 0 amide bonds. The highest BCUT2D eigenvalue weighted by molar-refractivity contribution is 7.99. The molecular weight excluding hydrogens is 258 g/mol. The van der Waals surface area contributed by atoms with Crippen LogP contribution in [0.25, 0.3) is 0 Å². The Balaban J connectivity index is 1.99. The molecule has 0 aliphatic carbocycles. The van der Waals surface area contributed by atoms with Crippen LogP contribution in [-0.2, 0) is 6.42 Å². The molecule has 0 spiro atoms. The fourth-order valence-electron chi connectivity index (χ4n) is 1.71. The Morgan fingerprint density at radius 3 is 2.68 bits per heavy atom. The third-order valence-corrected chi connectivity index (χ3v) is 3.58. The monoisotopic (exact) mass is 273 g/mol. The fourth-order valence-corrected chi connectivity index (χ4v) is 2.29. The summed E-state index contributed by atoms with van der Waals surface area (Å²) in [6.07, 6.45) is 0.707. The van der Waals surface area contributed by atoms with Crippen LogP contribution >= 0.6 is 11.8 Å². The lowest BCUT2D eigenvalue weighted by Gasteiger charge is -2.08. The van der Waals surface area contributed by atoms with Crippen LogP contribution in [-0.4, -0.2) is 15.4 Å². The fraction of sp³-hybridized carbons (Fsp3) is 0.357. The standard InChI is InChI=1S/C14H15N3OS/c1-10(12-6-4-3-5-7-12)8-13-16-17-14(18-13)19-11(2)9-15/h3-7,10-11H,8H2,1-2H3/t10-,11-/m0/s1. The molecule has 1 aromatic carbocycles. The summed E-state index contributed by atoms with van der Waals surface area (Å²) < 4.78 is 5.54. The average Bonchev–Trinajstić information content (AvgIpc) is 2.86. The molecule has 0 radical (unpaired) electrons. The van der Waals surface area contributed by atoms with E-state index in [1.54, 1.807) is 6.92 Å². The predicted molar refractivity (Wildman–Crippen MR) is 73.8 cm³/mol. The maximum Gasteiger partial charge on any atom is 0.277 e. The maximum absolute atomic E-state index is 8.74. The van der Waals surface area contributed by atoms with Crippen molar-refractivity contribution in [1.29, 1.82) is 5.26 Å². The molecule has 2 atom stereocenters. The molecule has 0 N–H and O–H groups in total. The van der Waals surface area contributed by atoms with Crippen LogP contribution in [0.2, 0.25) is 0 Å². The molecule has 0 unspecified atom stereocenters. The first kappa shape index (κ1) is 13.6. The molecule has 0 saturated carbocycles. The predicted octanol–water partition coefficient (Wildman–Crippen LogP) is 3.42. The lowest BCUT2D eigenvalue weighted by molar-refractivity contribution is 0.404. The minimum Gasteiger partial charge on any atom is -0.416 e. The number of rotatable bonds is 5. The molecule has 0 aliphatic rings. The molecule has 1 heterocycles. The Kier molecular flexibility index (Phi) is 4.58. The second kappa shape index (κ2) is 6.39. The number of benzene rings is 1. The van der Waals surface area contributed by atoms with E-state index in [1.807, 2.05) is 18.2 Å². The first-order chi connectivity index (χ1) is 9.19. The summed E-state index contributed by atoms with van der Waals surface area (Å²) in [5.74, 6) is 0.942. The number of aromatic nitrogens is 2. The van der Waals surface area contributed by atoms with E-state index in [2.05, 4.69) is 35.3 Å². The lowest BCUT2D eigenvalue weighted by Crippen LogP contribution is -1.98. The van der Waals surface area contributed by atoms with Crippen LogP contribution < -0.4 is 0 Å². The van der Waals surface area contributed by atoms with Gasteiger partial charge in [0.2, 0.25) is 5.89 Å². The second-order valence-corrected chi connectivity index (χ2v) is 5.66. The molecule has 0 bridgehead atoms. The van der Waals surface area contributed by atoms with E-state index in [9.17, 15) is 0 Å². The summed E-state index contributed by atoms with van der Waals surface area (Å²) in [7, 11) is 0. The molecule has 1 aromatic heterocycles. The second-order valence-electron chi connectivity index (χ2n) is 4.37. The smallest absolute Gasteiger partial charge is 0.277 e. The van der Waals surface area contributed by atoms with Crippen molar-refractivity contribution in [3.8, 4) is 6.07 Å². The Hall–Kier alpha value is -1.80. The van der Waals surface area contributed by atoms with Gasteiger partial charge in [0.25, 0.3) is 5.22 Å². The van der Waals surface area contributed by atoms with Gasteiger partial charge in [-0.25, -0.2) is 0 Å². The zero-order valence-corrected chi connectivity index (χ0v) is 11.7. The number of nitrogens with zero attached hydrogens (tertiary/aromatic N) is 3. The number of thioether (sulfide) groups is 1. The normalized spacial score (nSPS) is 13.7. The minimum atomic E-state index is -0.181. The summed E-state index contributed by atoms with van der Waals surface area (Å²) in [5.41, 5.74) is 1.25. The van der Waals surface area contributed by atoms with Gasteiger partial charge in [-0.15, -0.1) is 10.2 Å². The van der Waals surface area contributed by atoms with Crippen molar-refractivity contribution >= 4 is 11.8 Å². The zero-order valence-electron chi connectivity index (χ0n) is 10.9. The highest BCUT2D eigenvalue weighted by Gasteiger charge is 2.14. The van der Waals surface area contributed by atoms with Gasteiger partial charge in [-0.05, 0) is 30.2 Å². The van der Waals surface area contributed by atoms with Crippen molar-refractivity contribution in [1.82, 2.24) is 10.2 Å². The van der Waals surface area contributed by atoms with E-state index in [0.717, 1.165) is 0 Å². The number of nitriles is 1. The van der Waals surface area contributed by atoms with E-state index < -0.39 is 0 Å². The van der Waals surface area contributed by atoms with Crippen molar-refractivity contribution < 1.29 is 4.42 Å². The summed E-state index contributed by atoms with van der Waals surface area (Å²) >= 11 is 1.29. The minimum absolute atomic E-state index is 0.181. The molecule has 0 fully saturated rings. The van der Waals surface area contributed by atoms with Crippen molar-refractivity contribution in [2.24, 2.45) is 0 Å². The van der Waals surface area contributed by atoms with Crippen molar-refractivity contribution in [3.05, 3.63) is 41.8 Å². The topological polar surface area (TPSA) is 62.7 Å². The Labute approximate surface area is 116 Å². The quantitative estimate of drug-likeness (QED) is 0.781. The van der Waals surface area contributed by atoms with Gasteiger partial charge < -0.3 is 4.42 Å². The Morgan fingerprint density at radius 2 is 2.00 bits per heavy atom. The van der Waals surface area contributed by atoms with Crippen LogP contribution in [0.1, 0.15) is 31.2 Å². The van der Waals surface area contributed by atoms with E-state index in [4.69, 9.17) is 9.68 Å². The Morgan fingerprint density at radius 1 is 1.26 bits per heavy atom. The van der Waals surface area contributed by atoms with Crippen LogP contribution in [0.15, 0.2) is 40.0 Å². The van der Waals surface area contributed by atoms with Crippen molar-refractivity contribution in [3.63, 3.8) is 0 Å². The molecule has 19 heavy (non-hydrogen) atoms. The van der Waals surface area contributed by atoms with Crippen molar-refractivity contribution in [2.75, 3.05) is 0 Å². The third kappa shape index (κ3) is 3.83.